The van der Waals surface area contributed by atoms with Crippen LogP contribution in [0, 0.1) is 12.7 Å². The molecule has 8 nitrogen and oxygen atoms in total. The molecule has 5 aromatic rings. The molecule has 0 unspecified atom stereocenters. The number of sulfonamides is 1. The van der Waals surface area contributed by atoms with Crippen LogP contribution in [0.3, 0.4) is 0 Å². The molecule has 226 valence electrons. The number of hydrogen-bond acceptors (Lipinski definition) is 5. The minimum atomic E-state index is -3.95. The van der Waals surface area contributed by atoms with Gasteiger partial charge < -0.3 is 9.67 Å². The average Bonchev–Trinajstić information content (AvgIpc) is 3.45. The number of nitrogens with zero attached hydrogens (tertiary/aromatic N) is 4. The van der Waals surface area contributed by atoms with Crippen LogP contribution in [0.1, 0.15) is 45.7 Å². The number of halogens is 1. The number of carbonyl (C=O) groups is 1. The Labute approximate surface area is 256 Å². The zero-order valence-electron chi connectivity index (χ0n) is 24.3. The van der Waals surface area contributed by atoms with Crippen molar-refractivity contribution in [2.45, 2.75) is 44.2 Å². The van der Waals surface area contributed by atoms with E-state index in [9.17, 15) is 22.7 Å². The molecule has 0 aliphatic rings. The molecule has 0 aliphatic heterocycles. The highest BCUT2D eigenvalue weighted by molar-refractivity contribution is 7.89. The van der Waals surface area contributed by atoms with Crippen molar-refractivity contribution in [3.05, 3.63) is 137 Å². The Hall–Kier alpha value is -4.67. The monoisotopic (exact) mass is 612 g/mol. The molecule has 0 aliphatic carbocycles. The summed E-state index contributed by atoms with van der Waals surface area (Å²) in [6.07, 6.45) is 3.80. The predicted octanol–water partition coefficient (Wildman–Crippen LogP) is 6.35. The lowest BCUT2D eigenvalue weighted by atomic mass is 10.0. The summed E-state index contributed by atoms with van der Waals surface area (Å²) < 4.78 is 45.3. The zero-order valence-corrected chi connectivity index (χ0v) is 25.1. The fourth-order valence-corrected chi connectivity index (χ4v) is 6.77. The highest BCUT2D eigenvalue weighted by Crippen LogP contribution is 2.28. The van der Waals surface area contributed by atoms with Gasteiger partial charge in [0.15, 0.2) is 0 Å². The predicted molar refractivity (Wildman–Crippen MR) is 166 cm³/mol. The molecule has 0 radical (unpaired) electrons. The Morgan fingerprint density at radius 1 is 0.886 bits per heavy atom. The van der Waals surface area contributed by atoms with Crippen molar-refractivity contribution in [1.82, 2.24) is 19.1 Å². The van der Waals surface area contributed by atoms with Gasteiger partial charge in [0.1, 0.15) is 18.0 Å². The molecule has 5 rings (SSSR count). The van der Waals surface area contributed by atoms with E-state index in [0.29, 0.717) is 29.9 Å². The van der Waals surface area contributed by atoms with Crippen molar-refractivity contribution in [1.29, 1.82) is 0 Å². The molecule has 0 atom stereocenters. The third kappa shape index (κ3) is 7.45. The normalized spacial score (nSPS) is 11.6. The molecule has 0 amide bonds. The van der Waals surface area contributed by atoms with Crippen LogP contribution in [-0.4, -0.2) is 45.1 Å². The van der Waals surface area contributed by atoms with E-state index < -0.39 is 16.0 Å². The molecular weight excluding hydrogens is 579 g/mol. The summed E-state index contributed by atoms with van der Waals surface area (Å²) in [4.78, 5) is 11.4. The lowest BCUT2D eigenvalue weighted by Crippen LogP contribution is -2.33. The Kier molecular flexibility index (Phi) is 9.62. The molecule has 10 heteroatoms. The van der Waals surface area contributed by atoms with Crippen molar-refractivity contribution < 1.29 is 22.7 Å². The van der Waals surface area contributed by atoms with Gasteiger partial charge in [0, 0.05) is 6.54 Å². The number of aryl methyl sites for hydroxylation is 2. The summed E-state index contributed by atoms with van der Waals surface area (Å²) in [5.74, 6) is -0.907. The van der Waals surface area contributed by atoms with E-state index >= 15 is 0 Å². The lowest BCUT2D eigenvalue weighted by molar-refractivity contribution is 0.0697. The van der Waals surface area contributed by atoms with Crippen LogP contribution in [-0.2, 0) is 29.5 Å². The second kappa shape index (κ2) is 13.7. The van der Waals surface area contributed by atoms with E-state index in [-0.39, 0.29) is 29.4 Å². The minimum Gasteiger partial charge on any atom is -0.478 e. The Morgan fingerprint density at radius 2 is 1.61 bits per heavy atom. The number of benzene rings is 4. The van der Waals surface area contributed by atoms with Gasteiger partial charge in [0.05, 0.1) is 23.5 Å². The zero-order chi connectivity index (χ0) is 31.1. The van der Waals surface area contributed by atoms with Gasteiger partial charge in [-0.1, -0.05) is 66.7 Å². The summed E-state index contributed by atoms with van der Waals surface area (Å²) in [7, 11) is -3.95. The van der Waals surface area contributed by atoms with E-state index in [0.717, 1.165) is 24.0 Å². The number of aromatic nitrogens is 3. The first-order chi connectivity index (χ1) is 21.2. The topological polar surface area (TPSA) is 105 Å². The quantitative estimate of drug-likeness (QED) is 0.155. The number of aromatic carboxylic acids is 1. The largest absolute Gasteiger partial charge is 0.478 e. The van der Waals surface area contributed by atoms with Gasteiger partial charge in [-0.15, -0.1) is 10.2 Å². The molecule has 0 bridgehead atoms. The Morgan fingerprint density at radius 3 is 2.32 bits per heavy atom. The summed E-state index contributed by atoms with van der Waals surface area (Å²) in [6.45, 7) is 2.33. The summed E-state index contributed by atoms with van der Waals surface area (Å²) in [6, 6.07) is 27.9. The van der Waals surface area contributed by atoms with Crippen molar-refractivity contribution in [3.63, 3.8) is 0 Å². The maximum absolute atomic E-state index is 14.2. The van der Waals surface area contributed by atoms with Gasteiger partial charge in [-0.25, -0.2) is 17.6 Å². The first-order valence-electron chi connectivity index (χ1n) is 14.3. The first-order valence-corrected chi connectivity index (χ1v) is 15.7. The maximum Gasteiger partial charge on any atom is 0.335 e. The second-order valence-electron chi connectivity index (χ2n) is 10.6. The van der Waals surface area contributed by atoms with Gasteiger partial charge in [-0.05, 0) is 84.3 Å². The molecule has 0 fully saturated rings. The smallest absolute Gasteiger partial charge is 0.335 e. The number of unbranched alkanes of at least 4 members (excludes halogenated alkanes) is 1. The van der Waals surface area contributed by atoms with Crippen molar-refractivity contribution in [2.75, 3.05) is 6.54 Å². The molecule has 0 spiro atoms. The van der Waals surface area contributed by atoms with Gasteiger partial charge in [-0.2, -0.15) is 4.31 Å². The SMILES string of the molecule is Cc1cc(-c2ccc(C(=O)O)cc2)ccc1S(=O)(=O)N(CCCCc1ccccc1)Cc1nncn1Cc1cccc(F)c1. The molecular formula is C34H33FN4O4S. The minimum absolute atomic E-state index is 0.000821. The average molecular weight is 613 g/mol. The van der Waals surface area contributed by atoms with Crippen molar-refractivity contribution in [2.24, 2.45) is 0 Å². The molecule has 1 heterocycles. The molecule has 0 saturated carbocycles. The van der Waals surface area contributed by atoms with Crippen LogP contribution in [0.25, 0.3) is 11.1 Å². The fraction of sp³-hybridized carbons (Fsp3) is 0.206. The Balaban J connectivity index is 1.40. The molecule has 44 heavy (non-hydrogen) atoms. The molecule has 4 aromatic carbocycles. The van der Waals surface area contributed by atoms with E-state index in [1.807, 2.05) is 18.2 Å². The van der Waals surface area contributed by atoms with Crippen molar-refractivity contribution in [3.8, 4) is 11.1 Å². The maximum atomic E-state index is 14.2. The van der Waals surface area contributed by atoms with Crippen LogP contribution >= 0.6 is 0 Å². The van der Waals surface area contributed by atoms with Crippen LogP contribution in [0.15, 0.2) is 108 Å². The highest BCUT2D eigenvalue weighted by Gasteiger charge is 2.28. The van der Waals surface area contributed by atoms with Crippen LogP contribution < -0.4 is 0 Å². The first kappa shape index (κ1) is 30.8. The number of hydrogen-bond donors (Lipinski definition) is 1. The molecule has 1 aromatic heterocycles. The Bertz CT molecular complexity index is 1840. The lowest BCUT2D eigenvalue weighted by Gasteiger charge is -2.23. The summed E-state index contributed by atoms with van der Waals surface area (Å²) in [5, 5.41) is 17.5. The van der Waals surface area contributed by atoms with Gasteiger partial charge >= 0.3 is 5.97 Å². The molecule has 0 saturated heterocycles. The van der Waals surface area contributed by atoms with E-state index in [1.54, 1.807) is 54.0 Å². The molecule has 1 N–H and O–H groups in total. The van der Waals surface area contributed by atoms with Crippen LogP contribution in [0.5, 0.6) is 0 Å². The van der Waals surface area contributed by atoms with Gasteiger partial charge in [-0.3, -0.25) is 0 Å². The summed E-state index contributed by atoms with van der Waals surface area (Å²) in [5.41, 5.74) is 4.22. The number of rotatable bonds is 13. The standard InChI is InChI=1S/C34H33FN4O4S/c1-25-20-30(28-13-15-29(16-14-28)34(40)41)17-18-32(25)44(42,43)39(19-6-5-10-26-8-3-2-4-9-26)23-33-37-36-24-38(33)22-27-11-7-12-31(35)21-27/h2-4,7-9,11-18,20-21,24H,5-6,10,19,22-23H2,1H3,(H,40,41). The van der Waals surface area contributed by atoms with Crippen molar-refractivity contribution >= 4 is 16.0 Å². The van der Waals surface area contributed by atoms with Crippen LogP contribution in [0.2, 0.25) is 0 Å². The highest BCUT2D eigenvalue weighted by atomic mass is 32.2. The van der Waals surface area contributed by atoms with E-state index in [4.69, 9.17) is 0 Å². The number of carboxylic acid groups (broad SMARTS) is 1. The van der Waals surface area contributed by atoms with E-state index in [2.05, 4.69) is 22.3 Å². The van der Waals surface area contributed by atoms with Gasteiger partial charge in [0.25, 0.3) is 0 Å². The second-order valence-corrected chi connectivity index (χ2v) is 12.6. The third-order valence-electron chi connectivity index (χ3n) is 7.48. The summed E-state index contributed by atoms with van der Waals surface area (Å²) >= 11 is 0. The third-order valence-corrected chi connectivity index (χ3v) is 9.48. The fourth-order valence-electron chi connectivity index (χ4n) is 5.13. The van der Waals surface area contributed by atoms with E-state index in [1.165, 1.54) is 40.5 Å². The van der Waals surface area contributed by atoms with Gasteiger partial charge in [0.2, 0.25) is 10.0 Å². The number of carboxylic acids is 1. The van der Waals surface area contributed by atoms with Crippen LogP contribution in [0.4, 0.5) is 4.39 Å².